The summed E-state index contributed by atoms with van der Waals surface area (Å²) in [5.74, 6) is 0. The first-order valence-corrected chi connectivity index (χ1v) is 30.1. The molecule has 1 unspecified atom stereocenters. The fraction of sp³-hybridized carbons (Fsp3) is 0.108. The van der Waals surface area contributed by atoms with Crippen LogP contribution in [0.15, 0.2) is 273 Å². The number of hydrogen-bond donors (Lipinski definition) is 0. The molecule has 0 amide bonds. The Labute approximate surface area is 459 Å². The summed E-state index contributed by atoms with van der Waals surface area (Å²) in [6, 6.07) is 93.4. The molecule has 1 fully saturated rings. The van der Waals surface area contributed by atoms with Gasteiger partial charge in [0.1, 0.15) is 0 Å². The van der Waals surface area contributed by atoms with Crippen LogP contribution in [-0.2, 0) is 0 Å². The summed E-state index contributed by atoms with van der Waals surface area (Å²) >= 11 is 0. The van der Waals surface area contributed by atoms with Crippen molar-refractivity contribution in [3.8, 4) is 16.8 Å². The highest BCUT2D eigenvalue weighted by molar-refractivity contribution is 7.12. The maximum atomic E-state index is 2.60. The maximum absolute atomic E-state index is 2.60. The Morgan fingerprint density at radius 2 is 0.885 bits per heavy atom. The van der Waals surface area contributed by atoms with Crippen molar-refractivity contribution in [3.63, 3.8) is 0 Å². The van der Waals surface area contributed by atoms with E-state index in [1.807, 2.05) is 0 Å². The molecule has 4 heteroatoms. The Morgan fingerprint density at radius 3 is 1.47 bits per heavy atom. The minimum atomic E-state index is -2.37. The van der Waals surface area contributed by atoms with Crippen LogP contribution in [-0.4, -0.2) is 17.2 Å². The Balaban J connectivity index is 0.838. The van der Waals surface area contributed by atoms with Crippen LogP contribution in [0.2, 0.25) is 5.54 Å². The molecule has 2 aliphatic carbocycles. The topological polar surface area (TPSA) is 13.1 Å². The molecular weight excluding hydrogens is 959 g/mol. The van der Waals surface area contributed by atoms with Crippen molar-refractivity contribution < 1.29 is 0 Å². The summed E-state index contributed by atoms with van der Waals surface area (Å²) in [7, 11) is -2.37. The molecule has 0 aliphatic heterocycles. The van der Waals surface area contributed by atoms with Gasteiger partial charge in [0.2, 0.25) is 0 Å². The molecule has 78 heavy (non-hydrogen) atoms. The van der Waals surface area contributed by atoms with E-state index in [4.69, 9.17) is 0 Å². The van der Waals surface area contributed by atoms with Crippen LogP contribution in [0.5, 0.6) is 0 Å². The van der Waals surface area contributed by atoms with Gasteiger partial charge in [0, 0.05) is 44.3 Å². The first-order valence-electron chi connectivity index (χ1n) is 28.0. The van der Waals surface area contributed by atoms with Gasteiger partial charge in [0.25, 0.3) is 0 Å². The van der Waals surface area contributed by atoms with Gasteiger partial charge in [-0.05, 0) is 117 Å². The predicted octanol–water partition coefficient (Wildman–Crippen LogP) is 18.1. The standard InChI is InChI=1S/C74H61N3Si/c1-8-22-58(23-9-1)75(59-24-10-2-11-25-59)62-43-49-70-68-47-39-55(51-72(68)77(74(70)53-62)61-28-14-4-15-29-61)37-36-54-38-46-67-69-48-42-57(52-73(69)76(71(67)50-54)60-26-12-3-13-27-60)56-40-44-66(45-41-56)78(63-30-16-5-17-31-63,64-32-18-6-19-33-64)65-34-20-7-21-35-65/h1-6,8-19,22-26,28-33,36-53,60,65H,7,20-21,27,34-35H2/b37-36+. The number of hydrogen-bond acceptors (Lipinski definition) is 1. The number of nitrogens with zero attached hydrogens (tertiary/aromatic N) is 3. The van der Waals surface area contributed by atoms with Crippen molar-refractivity contribution in [2.24, 2.45) is 0 Å². The molecule has 1 saturated carbocycles. The Kier molecular flexibility index (Phi) is 12.5. The molecule has 0 spiro atoms. The first-order chi connectivity index (χ1) is 38.7. The minimum Gasteiger partial charge on any atom is -0.333 e. The van der Waals surface area contributed by atoms with Crippen LogP contribution in [0.1, 0.15) is 55.7 Å². The Hall–Kier alpha value is -8.96. The lowest BCUT2D eigenvalue weighted by molar-refractivity contribution is 0.497. The average Bonchev–Trinajstić information content (AvgIpc) is 4.19. The van der Waals surface area contributed by atoms with Crippen LogP contribution >= 0.6 is 0 Å². The van der Waals surface area contributed by atoms with Gasteiger partial charge in [-0.25, -0.2) is 0 Å². The molecule has 10 aromatic carbocycles. The van der Waals surface area contributed by atoms with Crippen LogP contribution in [0, 0.1) is 0 Å². The second-order valence-electron chi connectivity index (χ2n) is 21.4. The van der Waals surface area contributed by atoms with Gasteiger partial charge in [-0.2, -0.15) is 0 Å². The van der Waals surface area contributed by atoms with E-state index in [1.54, 1.807) is 0 Å². The van der Waals surface area contributed by atoms with Crippen molar-refractivity contribution in [3.05, 3.63) is 284 Å². The highest BCUT2D eigenvalue weighted by atomic mass is 28.3. The third-order valence-electron chi connectivity index (χ3n) is 17.0. The lowest BCUT2D eigenvalue weighted by Gasteiger charge is -2.42. The molecule has 376 valence electrons. The number of aromatic nitrogens is 2. The van der Waals surface area contributed by atoms with Crippen LogP contribution in [0.4, 0.5) is 17.1 Å². The Morgan fingerprint density at radius 1 is 0.397 bits per heavy atom. The number of rotatable bonds is 12. The van der Waals surface area contributed by atoms with Gasteiger partial charge in [-0.3, -0.25) is 0 Å². The zero-order chi connectivity index (χ0) is 51.8. The van der Waals surface area contributed by atoms with Crippen molar-refractivity contribution >= 4 is 96.5 Å². The number of anilines is 3. The van der Waals surface area contributed by atoms with Crippen LogP contribution < -0.4 is 20.5 Å². The minimum absolute atomic E-state index is 0.209. The summed E-state index contributed by atoms with van der Waals surface area (Å²) in [4.78, 5) is 2.34. The summed E-state index contributed by atoms with van der Waals surface area (Å²) < 4.78 is 5.03. The van der Waals surface area contributed by atoms with Gasteiger partial charge in [-0.1, -0.05) is 251 Å². The molecule has 1 atom stereocenters. The SMILES string of the molecule is C1=CCC(n2c3cc(/C=C/c4ccc5c6ccc(N(c7ccccc7)c7ccccc7)cc6n(-c6ccccc6)c5c4)ccc3c3ccc(-c4ccc([Si](c5ccccc5)(c5ccccc5)C5CCCCC5)cc4)cc32)C=C1. The fourth-order valence-corrected chi connectivity index (χ4v) is 19.3. The largest absolute Gasteiger partial charge is 0.333 e. The summed E-state index contributed by atoms with van der Waals surface area (Å²) in [5, 5.41) is 9.61. The van der Waals surface area contributed by atoms with Gasteiger partial charge >= 0.3 is 0 Å². The van der Waals surface area contributed by atoms with E-state index in [-0.39, 0.29) is 6.04 Å². The maximum Gasteiger partial charge on any atom is 0.151 e. The van der Waals surface area contributed by atoms with Crippen molar-refractivity contribution in [2.45, 2.75) is 50.1 Å². The number of fused-ring (bicyclic) bond motifs is 6. The third kappa shape index (κ3) is 8.45. The molecule has 3 nitrogen and oxygen atoms in total. The molecule has 2 heterocycles. The molecule has 2 aliphatic rings. The average molecular weight is 1020 g/mol. The zero-order valence-electron chi connectivity index (χ0n) is 43.9. The fourth-order valence-electron chi connectivity index (χ4n) is 13.4. The van der Waals surface area contributed by atoms with Gasteiger partial charge in [0.05, 0.1) is 28.1 Å². The Bertz CT molecular complexity index is 4110. The molecule has 12 aromatic rings. The van der Waals surface area contributed by atoms with Crippen molar-refractivity contribution in [2.75, 3.05) is 4.90 Å². The van der Waals surface area contributed by atoms with Gasteiger partial charge < -0.3 is 14.0 Å². The molecule has 0 radical (unpaired) electrons. The van der Waals surface area contributed by atoms with E-state index < -0.39 is 8.07 Å². The van der Waals surface area contributed by atoms with E-state index in [0.717, 1.165) is 34.7 Å². The van der Waals surface area contributed by atoms with Crippen LogP contribution in [0.25, 0.3) is 72.6 Å². The number of para-hydroxylation sites is 3. The predicted molar refractivity (Wildman–Crippen MR) is 336 cm³/mol. The normalized spacial score (nSPS) is 15.1. The first kappa shape index (κ1) is 47.5. The lowest BCUT2D eigenvalue weighted by Crippen LogP contribution is -2.70. The second kappa shape index (κ2) is 20.5. The highest BCUT2D eigenvalue weighted by Gasteiger charge is 2.46. The monoisotopic (exact) mass is 1020 g/mol. The van der Waals surface area contributed by atoms with Gasteiger partial charge in [-0.15, -0.1) is 0 Å². The van der Waals surface area contributed by atoms with E-state index in [0.29, 0.717) is 5.54 Å². The summed E-state index contributed by atoms with van der Waals surface area (Å²) in [6.45, 7) is 0. The van der Waals surface area contributed by atoms with E-state index in [1.165, 1.54) is 108 Å². The molecule has 0 N–H and O–H groups in total. The number of allylic oxidation sites excluding steroid dienone is 4. The smallest absolute Gasteiger partial charge is 0.151 e. The third-order valence-corrected chi connectivity index (χ3v) is 22.5. The van der Waals surface area contributed by atoms with Crippen LogP contribution in [0.3, 0.4) is 0 Å². The van der Waals surface area contributed by atoms with E-state index >= 15 is 0 Å². The zero-order valence-corrected chi connectivity index (χ0v) is 44.9. The summed E-state index contributed by atoms with van der Waals surface area (Å²) in [5.41, 5.74) is 14.9. The second-order valence-corrected chi connectivity index (χ2v) is 25.6. The van der Waals surface area contributed by atoms with Crippen molar-refractivity contribution in [1.29, 1.82) is 0 Å². The molecule has 0 saturated heterocycles. The molecule has 2 aromatic heterocycles. The molecule has 14 rings (SSSR count). The van der Waals surface area contributed by atoms with E-state index in [2.05, 4.69) is 299 Å². The highest BCUT2D eigenvalue weighted by Crippen LogP contribution is 2.42. The van der Waals surface area contributed by atoms with E-state index in [9.17, 15) is 0 Å². The van der Waals surface area contributed by atoms with Gasteiger partial charge in [0.15, 0.2) is 8.07 Å². The summed E-state index contributed by atoms with van der Waals surface area (Å²) in [6.07, 6.45) is 21.2. The lowest BCUT2D eigenvalue weighted by atomic mass is 10.0. The molecular formula is C74H61N3Si. The number of benzene rings is 10. The molecule has 0 bridgehead atoms. The quantitative estimate of drug-likeness (QED) is 0.0675. The van der Waals surface area contributed by atoms with Crippen molar-refractivity contribution in [1.82, 2.24) is 9.13 Å².